The Bertz CT molecular complexity index is 544. The zero-order chi connectivity index (χ0) is 16.5. The van der Waals surface area contributed by atoms with E-state index in [2.05, 4.69) is 5.32 Å². The summed E-state index contributed by atoms with van der Waals surface area (Å²) in [5.74, 6) is -1.51. The zero-order valence-corrected chi connectivity index (χ0v) is 12.4. The number of methoxy groups -OCH3 is 1. The van der Waals surface area contributed by atoms with E-state index in [9.17, 15) is 14.4 Å². The Morgan fingerprint density at radius 2 is 1.95 bits per heavy atom. The number of nitrogens with two attached hydrogens (primary N) is 1. The number of ether oxygens (including phenoxy) is 1. The van der Waals surface area contributed by atoms with Gasteiger partial charge in [-0.25, -0.2) is 4.79 Å². The number of carbonyl (C=O) groups excluding carboxylic acids is 2. The van der Waals surface area contributed by atoms with Crippen molar-refractivity contribution in [2.75, 3.05) is 7.11 Å². The van der Waals surface area contributed by atoms with E-state index in [1.807, 2.05) is 18.2 Å². The fourth-order valence-electron chi connectivity index (χ4n) is 1.97. The number of aryl methyl sites for hydroxylation is 1. The highest BCUT2D eigenvalue weighted by molar-refractivity contribution is 5.84. The monoisotopic (exact) mass is 308 g/mol. The third-order valence-electron chi connectivity index (χ3n) is 3.13. The summed E-state index contributed by atoms with van der Waals surface area (Å²) in [7, 11) is 1.54. The number of nitrogens with one attached hydrogen (secondary N) is 1. The molecule has 120 valence electrons. The Balaban J connectivity index is 2.53. The lowest BCUT2D eigenvalue weighted by molar-refractivity contribution is -0.142. The molecule has 0 spiro atoms. The normalized spacial score (nSPS) is 11.5. The Morgan fingerprint density at radius 3 is 2.55 bits per heavy atom. The largest absolute Gasteiger partial charge is 0.496 e. The molecule has 7 heteroatoms. The fourth-order valence-corrected chi connectivity index (χ4v) is 1.97. The molecule has 0 aliphatic carbocycles. The summed E-state index contributed by atoms with van der Waals surface area (Å²) in [4.78, 5) is 33.6. The van der Waals surface area contributed by atoms with E-state index in [0.29, 0.717) is 12.2 Å². The number of carboxylic acid groups (broad SMARTS) is 1. The van der Waals surface area contributed by atoms with E-state index in [-0.39, 0.29) is 19.3 Å². The van der Waals surface area contributed by atoms with Crippen molar-refractivity contribution in [2.24, 2.45) is 5.73 Å². The SMILES string of the molecule is COc1ccccc1CCC(=O)N[C@H](CCC(N)=O)C(=O)O. The van der Waals surface area contributed by atoms with Gasteiger partial charge in [0.2, 0.25) is 11.8 Å². The number of benzene rings is 1. The van der Waals surface area contributed by atoms with Gasteiger partial charge >= 0.3 is 5.97 Å². The summed E-state index contributed by atoms with van der Waals surface area (Å²) < 4.78 is 5.18. The molecule has 1 rings (SSSR count). The molecule has 0 unspecified atom stereocenters. The molecule has 1 aromatic rings. The first-order valence-corrected chi connectivity index (χ1v) is 6.86. The van der Waals surface area contributed by atoms with Gasteiger partial charge < -0.3 is 20.9 Å². The van der Waals surface area contributed by atoms with Crippen LogP contribution in [0.1, 0.15) is 24.8 Å². The molecule has 0 saturated carbocycles. The minimum Gasteiger partial charge on any atom is -0.496 e. The number of para-hydroxylation sites is 1. The van der Waals surface area contributed by atoms with Crippen molar-refractivity contribution in [3.8, 4) is 5.75 Å². The number of rotatable bonds is 9. The highest BCUT2D eigenvalue weighted by atomic mass is 16.5. The molecule has 0 radical (unpaired) electrons. The molecule has 0 aliphatic rings. The quantitative estimate of drug-likeness (QED) is 0.612. The summed E-state index contributed by atoms with van der Waals surface area (Å²) in [6.45, 7) is 0. The van der Waals surface area contributed by atoms with Crippen LogP contribution in [-0.2, 0) is 20.8 Å². The standard InChI is InChI=1S/C15H20N2O5/c1-22-12-5-3-2-4-10(12)6-9-14(19)17-11(15(20)21)7-8-13(16)18/h2-5,11H,6-9H2,1H3,(H2,16,18)(H,17,19)(H,20,21)/t11-/m1/s1. The van der Waals surface area contributed by atoms with Gasteiger partial charge in [-0.05, 0) is 24.5 Å². The van der Waals surface area contributed by atoms with Gasteiger partial charge in [0.25, 0.3) is 0 Å². The van der Waals surface area contributed by atoms with E-state index >= 15 is 0 Å². The number of carbonyl (C=O) groups is 3. The maximum absolute atomic E-state index is 11.8. The van der Waals surface area contributed by atoms with Crippen LogP contribution in [0.15, 0.2) is 24.3 Å². The average molecular weight is 308 g/mol. The van der Waals surface area contributed by atoms with Crippen LogP contribution in [0.5, 0.6) is 5.75 Å². The molecule has 0 heterocycles. The van der Waals surface area contributed by atoms with E-state index in [1.165, 1.54) is 0 Å². The minimum atomic E-state index is -1.19. The molecule has 2 amide bonds. The molecular weight excluding hydrogens is 288 g/mol. The summed E-state index contributed by atoms with van der Waals surface area (Å²) >= 11 is 0. The van der Waals surface area contributed by atoms with E-state index in [1.54, 1.807) is 13.2 Å². The predicted octanol–water partition coefficient (Wildman–Crippen LogP) is 0.463. The summed E-state index contributed by atoms with van der Waals surface area (Å²) in [5.41, 5.74) is 5.84. The molecule has 0 aromatic heterocycles. The number of hydrogen-bond acceptors (Lipinski definition) is 4. The first kappa shape index (κ1) is 17.5. The van der Waals surface area contributed by atoms with Gasteiger partial charge in [0.05, 0.1) is 7.11 Å². The predicted molar refractivity (Wildman–Crippen MR) is 79.3 cm³/mol. The topological polar surface area (TPSA) is 119 Å². The second kappa shape index (κ2) is 8.66. The second-order valence-electron chi connectivity index (χ2n) is 4.78. The molecule has 0 aliphatic heterocycles. The molecule has 0 bridgehead atoms. The van der Waals surface area contributed by atoms with Gasteiger partial charge in [0.15, 0.2) is 0 Å². The zero-order valence-electron chi connectivity index (χ0n) is 12.4. The van der Waals surface area contributed by atoms with Gasteiger partial charge in [-0.1, -0.05) is 18.2 Å². The molecule has 0 saturated heterocycles. The molecule has 7 nitrogen and oxygen atoms in total. The summed E-state index contributed by atoms with van der Waals surface area (Å²) in [6.07, 6.45) is 0.438. The number of hydrogen-bond donors (Lipinski definition) is 3. The third kappa shape index (κ3) is 5.82. The smallest absolute Gasteiger partial charge is 0.326 e. The van der Waals surface area contributed by atoms with E-state index in [0.717, 1.165) is 5.56 Å². The van der Waals surface area contributed by atoms with Crippen molar-refractivity contribution in [3.63, 3.8) is 0 Å². The Hall–Kier alpha value is -2.57. The van der Waals surface area contributed by atoms with Crippen LogP contribution in [0.3, 0.4) is 0 Å². The molecule has 0 fully saturated rings. The van der Waals surface area contributed by atoms with Crippen molar-refractivity contribution in [3.05, 3.63) is 29.8 Å². The lowest BCUT2D eigenvalue weighted by atomic mass is 10.1. The Morgan fingerprint density at radius 1 is 1.27 bits per heavy atom. The maximum Gasteiger partial charge on any atom is 0.326 e. The van der Waals surface area contributed by atoms with Crippen LogP contribution >= 0.6 is 0 Å². The highest BCUT2D eigenvalue weighted by Gasteiger charge is 2.20. The van der Waals surface area contributed by atoms with Gasteiger partial charge in [-0.2, -0.15) is 0 Å². The third-order valence-corrected chi connectivity index (χ3v) is 3.13. The summed E-state index contributed by atoms with van der Waals surface area (Å²) in [6, 6.07) is 6.18. The number of aliphatic carboxylic acids is 1. The molecule has 4 N–H and O–H groups in total. The highest BCUT2D eigenvalue weighted by Crippen LogP contribution is 2.18. The van der Waals surface area contributed by atoms with Crippen LogP contribution < -0.4 is 15.8 Å². The summed E-state index contributed by atoms with van der Waals surface area (Å²) in [5, 5.41) is 11.4. The lowest BCUT2D eigenvalue weighted by Gasteiger charge is -2.14. The number of amides is 2. The Labute approximate surface area is 128 Å². The van der Waals surface area contributed by atoms with Crippen molar-refractivity contribution in [1.82, 2.24) is 5.32 Å². The first-order chi connectivity index (χ1) is 10.4. The van der Waals surface area contributed by atoms with E-state index in [4.69, 9.17) is 15.6 Å². The van der Waals surface area contributed by atoms with Gasteiger partial charge in [-0.3, -0.25) is 9.59 Å². The average Bonchev–Trinajstić information content (AvgIpc) is 2.49. The molecular formula is C15H20N2O5. The molecule has 22 heavy (non-hydrogen) atoms. The molecule has 1 atom stereocenters. The van der Waals surface area contributed by atoms with Crippen LogP contribution in [0.4, 0.5) is 0 Å². The fraction of sp³-hybridized carbons (Fsp3) is 0.400. The van der Waals surface area contributed by atoms with Crippen molar-refractivity contribution >= 4 is 17.8 Å². The van der Waals surface area contributed by atoms with Crippen LogP contribution in [-0.4, -0.2) is 36.0 Å². The van der Waals surface area contributed by atoms with Crippen LogP contribution in [0, 0.1) is 0 Å². The van der Waals surface area contributed by atoms with Crippen molar-refractivity contribution in [1.29, 1.82) is 0 Å². The van der Waals surface area contributed by atoms with E-state index < -0.39 is 23.8 Å². The van der Waals surface area contributed by atoms with Crippen molar-refractivity contribution < 1.29 is 24.2 Å². The maximum atomic E-state index is 11.8. The lowest BCUT2D eigenvalue weighted by Crippen LogP contribution is -2.41. The molecule has 1 aromatic carbocycles. The van der Waals surface area contributed by atoms with Crippen molar-refractivity contribution in [2.45, 2.75) is 31.7 Å². The van der Waals surface area contributed by atoms with Gasteiger partial charge in [-0.15, -0.1) is 0 Å². The van der Waals surface area contributed by atoms with Crippen LogP contribution in [0.25, 0.3) is 0 Å². The number of carboxylic acids is 1. The van der Waals surface area contributed by atoms with Gasteiger partial charge in [0.1, 0.15) is 11.8 Å². The first-order valence-electron chi connectivity index (χ1n) is 6.86. The van der Waals surface area contributed by atoms with Gasteiger partial charge in [0, 0.05) is 12.8 Å². The van der Waals surface area contributed by atoms with Crippen LogP contribution in [0.2, 0.25) is 0 Å². The second-order valence-corrected chi connectivity index (χ2v) is 4.78. The minimum absolute atomic E-state index is 0.0228. The number of primary amides is 1. The Kier molecular flexibility index (Phi) is 6.88.